The van der Waals surface area contributed by atoms with Gasteiger partial charge in [-0.25, -0.2) is 0 Å². The Hall–Kier alpha value is -2.27. The maximum Gasteiger partial charge on any atom is 0.310 e. The van der Waals surface area contributed by atoms with Crippen molar-refractivity contribution in [1.82, 2.24) is 0 Å². The number of nitrogens with zero attached hydrogens (tertiary/aromatic N) is 1. The summed E-state index contributed by atoms with van der Waals surface area (Å²) in [6, 6.07) is 11.9. The van der Waals surface area contributed by atoms with Crippen LogP contribution < -0.4 is 9.47 Å². The molecule has 0 aliphatic carbocycles. The summed E-state index contributed by atoms with van der Waals surface area (Å²) in [7, 11) is 1.59. The summed E-state index contributed by atoms with van der Waals surface area (Å²) in [5.41, 5.74) is 1.59. The van der Waals surface area contributed by atoms with Crippen LogP contribution in [0, 0.1) is 10.1 Å². The molecule has 0 saturated heterocycles. The first-order valence-electron chi connectivity index (χ1n) is 6.23. The Labute approximate surface area is 127 Å². The van der Waals surface area contributed by atoms with Crippen molar-refractivity contribution in [3.63, 3.8) is 0 Å². The minimum absolute atomic E-state index is 0.0719. The summed E-state index contributed by atoms with van der Waals surface area (Å²) in [6.45, 7) is 0.233. The van der Waals surface area contributed by atoms with Gasteiger partial charge in [0.05, 0.1) is 12.0 Å². The Balaban J connectivity index is 2.15. The highest BCUT2D eigenvalue weighted by Gasteiger charge is 2.15. The summed E-state index contributed by atoms with van der Waals surface area (Å²) in [5.74, 6) is 1.24. The maximum absolute atomic E-state index is 11.0. The zero-order chi connectivity index (χ0) is 15.2. The second-order valence-corrected chi connectivity index (χ2v) is 4.60. The molecule has 0 fully saturated rings. The van der Waals surface area contributed by atoms with E-state index < -0.39 is 4.92 Å². The highest BCUT2D eigenvalue weighted by molar-refractivity contribution is 6.17. The van der Waals surface area contributed by atoms with E-state index in [4.69, 9.17) is 21.1 Å². The highest BCUT2D eigenvalue weighted by atomic mass is 35.5. The molecule has 0 saturated carbocycles. The third-order valence-electron chi connectivity index (χ3n) is 2.93. The van der Waals surface area contributed by atoms with Crippen LogP contribution in [0.15, 0.2) is 42.5 Å². The van der Waals surface area contributed by atoms with E-state index in [1.165, 1.54) is 6.07 Å². The first-order valence-corrected chi connectivity index (χ1v) is 6.76. The fourth-order valence-corrected chi connectivity index (χ4v) is 1.96. The molecule has 0 unspecified atom stereocenters. The zero-order valence-electron chi connectivity index (χ0n) is 11.4. The van der Waals surface area contributed by atoms with Gasteiger partial charge in [-0.3, -0.25) is 10.1 Å². The van der Waals surface area contributed by atoms with E-state index in [1.807, 2.05) is 24.3 Å². The molecule has 0 aliphatic rings. The average Bonchev–Trinajstić information content (AvgIpc) is 2.52. The lowest BCUT2D eigenvalue weighted by Gasteiger charge is -2.08. The number of hydrogen-bond acceptors (Lipinski definition) is 4. The van der Waals surface area contributed by atoms with Gasteiger partial charge in [-0.15, -0.1) is 11.6 Å². The highest BCUT2D eigenvalue weighted by Crippen LogP contribution is 2.29. The molecule has 2 rings (SSSR count). The van der Waals surface area contributed by atoms with E-state index in [-0.39, 0.29) is 23.9 Å². The number of methoxy groups -OCH3 is 1. The van der Waals surface area contributed by atoms with Crippen molar-refractivity contribution in [1.29, 1.82) is 0 Å². The molecular weight excluding hydrogens is 294 g/mol. The summed E-state index contributed by atoms with van der Waals surface area (Å²) < 4.78 is 10.6. The van der Waals surface area contributed by atoms with Crippen molar-refractivity contribution >= 4 is 17.3 Å². The first kappa shape index (κ1) is 15.1. The Morgan fingerprint density at radius 2 is 1.81 bits per heavy atom. The third kappa shape index (κ3) is 3.86. The molecule has 0 atom stereocenters. The second kappa shape index (κ2) is 6.95. The van der Waals surface area contributed by atoms with Gasteiger partial charge in [0.25, 0.3) is 0 Å². The topological polar surface area (TPSA) is 61.6 Å². The van der Waals surface area contributed by atoms with Gasteiger partial charge >= 0.3 is 5.69 Å². The summed E-state index contributed by atoms with van der Waals surface area (Å²) >= 11 is 5.74. The molecule has 0 amide bonds. The lowest BCUT2D eigenvalue weighted by atomic mass is 10.2. The fraction of sp³-hybridized carbons (Fsp3) is 0.200. The Morgan fingerprint density at radius 3 is 2.38 bits per heavy atom. The van der Waals surface area contributed by atoms with Crippen molar-refractivity contribution < 1.29 is 14.4 Å². The van der Waals surface area contributed by atoms with Gasteiger partial charge < -0.3 is 9.47 Å². The quantitative estimate of drug-likeness (QED) is 0.461. The number of halogens is 1. The molecular formula is C15H14ClNO4. The van der Waals surface area contributed by atoms with Crippen molar-refractivity contribution in [2.24, 2.45) is 0 Å². The zero-order valence-corrected chi connectivity index (χ0v) is 12.2. The van der Waals surface area contributed by atoms with Crippen LogP contribution in [0.25, 0.3) is 0 Å². The van der Waals surface area contributed by atoms with E-state index in [0.29, 0.717) is 0 Å². The van der Waals surface area contributed by atoms with Crippen LogP contribution in [0.3, 0.4) is 0 Å². The normalized spacial score (nSPS) is 10.2. The number of rotatable bonds is 6. The minimum Gasteiger partial charge on any atom is -0.497 e. The van der Waals surface area contributed by atoms with Crippen LogP contribution in [-0.2, 0) is 12.5 Å². The van der Waals surface area contributed by atoms with Gasteiger partial charge in [0.1, 0.15) is 12.4 Å². The lowest BCUT2D eigenvalue weighted by molar-refractivity contribution is -0.386. The largest absolute Gasteiger partial charge is 0.497 e. The van der Waals surface area contributed by atoms with E-state index in [9.17, 15) is 10.1 Å². The van der Waals surface area contributed by atoms with Gasteiger partial charge in [-0.1, -0.05) is 18.2 Å². The SMILES string of the molecule is COc1ccc(COc2cc(CCl)ccc2[N+](=O)[O-])cc1. The number of hydrogen-bond donors (Lipinski definition) is 0. The number of ether oxygens (including phenoxy) is 2. The summed E-state index contributed by atoms with van der Waals surface area (Å²) in [4.78, 5) is 10.5. The Kier molecular flexibility index (Phi) is 5.00. The molecule has 0 bridgehead atoms. The molecule has 21 heavy (non-hydrogen) atoms. The summed E-state index contributed by atoms with van der Waals surface area (Å²) in [6.07, 6.45) is 0. The van der Waals surface area contributed by atoms with E-state index in [0.717, 1.165) is 16.9 Å². The van der Waals surface area contributed by atoms with Crippen LogP contribution in [0.1, 0.15) is 11.1 Å². The predicted octanol–water partition coefficient (Wildman–Crippen LogP) is 3.92. The molecule has 0 radical (unpaired) electrons. The van der Waals surface area contributed by atoms with E-state index in [2.05, 4.69) is 0 Å². The predicted molar refractivity (Wildman–Crippen MR) is 80.0 cm³/mol. The van der Waals surface area contributed by atoms with Gasteiger partial charge in [0.2, 0.25) is 0 Å². The average molecular weight is 308 g/mol. The number of alkyl halides is 1. The molecule has 2 aromatic rings. The van der Waals surface area contributed by atoms with Crippen molar-refractivity contribution in [3.05, 3.63) is 63.7 Å². The molecule has 0 N–H and O–H groups in total. The van der Waals surface area contributed by atoms with Crippen LogP contribution in [-0.4, -0.2) is 12.0 Å². The monoisotopic (exact) mass is 307 g/mol. The van der Waals surface area contributed by atoms with Crippen molar-refractivity contribution in [2.75, 3.05) is 7.11 Å². The molecule has 0 aromatic heterocycles. The van der Waals surface area contributed by atoms with Gasteiger partial charge in [0.15, 0.2) is 5.75 Å². The Morgan fingerprint density at radius 1 is 1.14 bits per heavy atom. The molecule has 0 heterocycles. The molecule has 5 nitrogen and oxygen atoms in total. The van der Waals surface area contributed by atoms with Crippen LogP contribution in [0.5, 0.6) is 11.5 Å². The van der Waals surface area contributed by atoms with E-state index >= 15 is 0 Å². The minimum atomic E-state index is -0.471. The van der Waals surface area contributed by atoms with E-state index in [1.54, 1.807) is 19.2 Å². The lowest BCUT2D eigenvalue weighted by Crippen LogP contribution is -2.00. The summed E-state index contributed by atoms with van der Waals surface area (Å²) in [5, 5.41) is 11.0. The van der Waals surface area contributed by atoms with Crippen LogP contribution >= 0.6 is 11.6 Å². The standard InChI is InChI=1S/C15H14ClNO4/c1-20-13-5-2-11(3-6-13)10-21-15-8-12(9-16)4-7-14(15)17(18)19/h2-8H,9-10H2,1H3. The van der Waals surface area contributed by atoms with Gasteiger partial charge in [-0.2, -0.15) is 0 Å². The van der Waals surface area contributed by atoms with Gasteiger partial charge in [-0.05, 0) is 29.3 Å². The molecule has 110 valence electrons. The molecule has 0 aliphatic heterocycles. The first-order chi connectivity index (χ1) is 10.1. The number of benzene rings is 2. The van der Waals surface area contributed by atoms with Gasteiger partial charge in [0, 0.05) is 11.9 Å². The smallest absolute Gasteiger partial charge is 0.310 e. The van der Waals surface area contributed by atoms with Crippen LogP contribution in [0.2, 0.25) is 0 Å². The van der Waals surface area contributed by atoms with Crippen LogP contribution in [0.4, 0.5) is 5.69 Å². The third-order valence-corrected chi connectivity index (χ3v) is 3.24. The number of nitro groups is 1. The van der Waals surface area contributed by atoms with Crippen molar-refractivity contribution in [2.45, 2.75) is 12.5 Å². The molecule has 0 spiro atoms. The molecule has 6 heteroatoms. The second-order valence-electron chi connectivity index (χ2n) is 4.33. The molecule has 2 aromatic carbocycles. The van der Waals surface area contributed by atoms with Crippen molar-refractivity contribution in [3.8, 4) is 11.5 Å². The fourth-order valence-electron chi connectivity index (χ4n) is 1.79. The number of nitro benzene ring substituents is 1. The maximum atomic E-state index is 11.0. The Bertz CT molecular complexity index is 628.